The lowest BCUT2D eigenvalue weighted by Gasteiger charge is -2.05. The molecule has 4 rings (SSSR count). The van der Waals surface area contributed by atoms with Gasteiger partial charge in [-0.3, -0.25) is 4.79 Å². The van der Waals surface area contributed by atoms with E-state index >= 15 is 0 Å². The molecule has 2 aromatic heterocycles. The summed E-state index contributed by atoms with van der Waals surface area (Å²) in [5, 5.41) is 14.5. The fourth-order valence-corrected chi connectivity index (χ4v) is 4.10. The minimum absolute atomic E-state index is 0.0604. The highest BCUT2D eigenvalue weighted by atomic mass is 32.2. The lowest BCUT2D eigenvalue weighted by atomic mass is 10.0. The Morgan fingerprint density at radius 1 is 0.963 bits per heavy atom. The quantitative estimate of drug-likeness (QED) is 0.344. The number of nitrogens with zero attached hydrogens (tertiary/aromatic N) is 4. The first kappa shape index (κ1) is 17.6. The van der Waals surface area contributed by atoms with Crippen molar-refractivity contribution in [3.8, 4) is 11.1 Å². The van der Waals surface area contributed by atoms with Gasteiger partial charge in [0.25, 0.3) is 0 Å². The number of thiophene rings is 1. The Morgan fingerprint density at radius 3 is 2.48 bits per heavy atom. The minimum Gasteiger partial charge on any atom is -0.293 e. The summed E-state index contributed by atoms with van der Waals surface area (Å²) in [6, 6.07) is 21.9. The van der Waals surface area contributed by atoms with Gasteiger partial charge in [-0.2, -0.15) is 0 Å². The van der Waals surface area contributed by atoms with E-state index in [1.807, 2.05) is 60.0 Å². The first-order chi connectivity index (χ1) is 13.3. The topological polar surface area (TPSA) is 60.7 Å². The number of hydrogen-bond acceptors (Lipinski definition) is 6. The van der Waals surface area contributed by atoms with Crippen LogP contribution in [0.4, 0.5) is 0 Å². The van der Waals surface area contributed by atoms with Gasteiger partial charge >= 0.3 is 0 Å². The molecule has 0 unspecified atom stereocenters. The van der Waals surface area contributed by atoms with Crippen LogP contribution in [0.2, 0.25) is 0 Å². The summed E-state index contributed by atoms with van der Waals surface area (Å²) < 4.78 is 1.72. The molecule has 0 fully saturated rings. The first-order valence-electron chi connectivity index (χ1n) is 8.39. The van der Waals surface area contributed by atoms with Gasteiger partial charge in [0.1, 0.15) is 0 Å². The van der Waals surface area contributed by atoms with Gasteiger partial charge in [0.15, 0.2) is 5.78 Å². The third kappa shape index (κ3) is 4.32. The Hall–Kier alpha value is -2.77. The van der Waals surface area contributed by atoms with Gasteiger partial charge in [-0.05, 0) is 33.0 Å². The van der Waals surface area contributed by atoms with Crippen LogP contribution in [0.3, 0.4) is 0 Å². The van der Waals surface area contributed by atoms with E-state index in [2.05, 4.69) is 27.7 Å². The number of benzene rings is 2. The first-order valence-corrected chi connectivity index (χ1v) is 10.3. The molecule has 0 aliphatic rings. The molecular formula is C20H16N4OS2. The molecule has 0 atom stereocenters. The van der Waals surface area contributed by atoms with E-state index in [-0.39, 0.29) is 5.78 Å². The van der Waals surface area contributed by atoms with E-state index < -0.39 is 0 Å². The van der Waals surface area contributed by atoms with Gasteiger partial charge in [-0.1, -0.05) is 72.4 Å². The zero-order chi connectivity index (χ0) is 18.5. The summed E-state index contributed by atoms with van der Waals surface area (Å²) in [4.78, 5) is 13.7. The van der Waals surface area contributed by atoms with Crippen molar-refractivity contribution in [1.29, 1.82) is 0 Å². The number of carbonyl (C=O) groups excluding carboxylic acids is 1. The third-order valence-corrected chi connectivity index (χ3v) is 5.85. The maximum atomic E-state index is 12.5. The zero-order valence-corrected chi connectivity index (χ0v) is 16.0. The van der Waals surface area contributed by atoms with Crippen molar-refractivity contribution in [3.63, 3.8) is 0 Å². The zero-order valence-electron chi connectivity index (χ0n) is 14.4. The van der Waals surface area contributed by atoms with Crippen molar-refractivity contribution in [2.24, 2.45) is 0 Å². The second kappa shape index (κ2) is 8.28. The normalized spacial score (nSPS) is 10.8. The maximum Gasteiger partial charge on any atom is 0.210 e. The van der Waals surface area contributed by atoms with Crippen LogP contribution in [-0.4, -0.2) is 31.7 Å². The molecule has 0 aliphatic heterocycles. The number of Topliss-reactive ketones (excluding diaryl/α,β-unsaturated/α-hetero) is 1. The SMILES string of the molecule is O=C(CSc1nnnn1Cc1cccs1)c1ccc(-c2ccccc2)cc1. The number of ketones is 1. The number of rotatable bonds is 7. The van der Waals surface area contributed by atoms with Gasteiger partial charge in [-0.25, -0.2) is 4.68 Å². The summed E-state index contributed by atoms with van der Waals surface area (Å²) in [6.07, 6.45) is 0. The van der Waals surface area contributed by atoms with Crippen LogP contribution in [0.1, 0.15) is 15.2 Å². The second-order valence-corrected chi connectivity index (χ2v) is 7.83. The third-order valence-electron chi connectivity index (χ3n) is 4.03. The summed E-state index contributed by atoms with van der Waals surface area (Å²) in [6.45, 7) is 0.618. The summed E-state index contributed by atoms with van der Waals surface area (Å²) >= 11 is 3.02. The fourth-order valence-electron chi connectivity index (χ4n) is 2.64. The molecule has 0 radical (unpaired) electrons. The minimum atomic E-state index is 0.0604. The molecule has 7 heteroatoms. The molecule has 4 aromatic rings. The Labute approximate surface area is 165 Å². The van der Waals surface area contributed by atoms with E-state index in [9.17, 15) is 4.79 Å². The van der Waals surface area contributed by atoms with Crippen molar-refractivity contribution in [3.05, 3.63) is 82.6 Å². The van der Waals surface area contributed by atoms with Crippen molar-refractivity contribution < 1.29 is 4.79 Å². The fraction of sp³-hybridized carbons (Fsp3) is 0.100. The Balaban J connectivity index is 1.39. The standard InChI is InChI=1S/C20H16N4OS2/c25-19(17-10-8-16(9-11-17)15-5-2-1-3-6-15)14-27-20-21-22-23-24(20)13-18-7-4-12-26-18/h1-12H,13-14H2. The van der Waals surface area contributed by atoms with Crippen LogP contribution in [0.5, 0.6) is 0 Å². The summed E-state index contributed by atoms with van der Waals surface area (Å²) in [5.74, 6) is 0.362. The van der Waals surface area contributed by atoms with Crippen molar-refractivity contribution in [1.82, 2.24) is 20.2 Å². The van der Waals surface area contributed by atoms with Crippen molar-refractivity contribution >= 4 is 28.9 Å². The molecule has 0 saturated heterocycles. The smallest absolute Gasteiger partial charge is 0.210 e. The molecular weight excluding hydrogens is 376 g/mol. The van der Waals surface area contributed by atoms with Crippen LogP contribution in [-0.2, 0) is 6.54 Å². The highest BCUT2D eigenvalue weighted by Gasteiger charge is 2.12. The van der Waals surface area contributed by atoms with E-state index in [1.54, 1.807) is 16.0 Å². The molecule has 27 heavy (non-hydrogen) atoms. The van der Waals surface area contributed by atoms with E-state index in [1.165, 1.54) is 16.6 Å². The Bertz CT molecular complexity index is 1010. The number of carbonyl (C=O) groups is 1. The van der Waals surface area contributed by atoms with E-state index in [0.717, 1.165) is 11.1 Å². The lowest BCUT2D eigenvalue weighted by Crippen LogP contribution is -2.06. The molecule has 0 aliphatic carbocycles. The molecule has 5 nitrogen and oxygen atoms in total. The van der Waals surface area contributed by atoms with E-state index in [4.69, 9.17) is 0 Å². The molecule has 2 heterocycles. The monoisotopic (exact) mass is 392 g/mol. The van der Waals surface area contributed by atoms with Gasteiger partial charge in [0, 0.05) is 10.4 Å². The van der Waals surface area contributed by atoms with Crippen LogP contribution >= 0.6 is 23.1 Å². The molecule has 0 N–H and O–H groups in total. The molecule has 0 saturated carbocycles. The maximum absolute atomic E-state index is 12.5. The number of tetrazole rings is 1. The van der Waals surface area contributed by atoms with Crippen LogP contribution in [0, 0.1) is 0 Å². The highest BCUT2D eigenvalue weighted by molar-refractivity contribution is 7.99. The van der Waals surface area contributed by atoms with Gasteiger partial charge in [0.05, 0.1) is 12.3 Å². The van der Waals surface area contributed by atoms with Crippen LogP contribution in [0.15, 0.2) is 77.3 Å². The number of hydrogen-bond donors (Lipinski definition) is 0. The van der Waals surface area contributed by atoms with Crippen LogP contribution < -0.4 is 0 Å². The van der Waals surface area contributed by atoms with Crippen molar-refractivity contribution in [2.45, 2.75) is 11.7 Å². The predicted octanol–water partition coefficient (Wildman–Crippen LogP) is 4.42. The molecule has 2 aromatic carbocycles. The summed E-state index contributed by atoms with van der Waals surface area (Å²) in [7, 11) is 0. The van der Waals surface area contributed by atoms with Gasteiger partial charge in [0.2, 0.25) is 5.16 Å². The average molecular weight is 393 g/mol. The molecule has 134 valence electrons. The predicted molar refractivity (Wildman–Crippen MR) is 108 cm³/mol. The second-order valence-electron chi connectivity index (χ2n) is 5.85. The molecule has 0 spiro atoms. The van der Waals surface area contributed by atoms with Gasteiger partial charge < -0.3 is 0 Å². The lowest BCUT2D eigenvalue weighted by molar-refractivity contribution is 0.102. The highest BCUT2D eigenvalue weighted by Crippen LogP contribution is 2.21. The van der Waals surface area contributed by atoms with Gasteiger partial charge in [-0.15, -0.1) is 16.4 Å². The molecule has 0 bridgehead atoms. The summed E-state index contributed by atoms with van der Waals surface area (Å²) in [5.41, 5.74) is 2.93. The number of aromatic nitrogens is 4. The average Bonchev–Trinajstić information content (AvgIpc) is 3.39. The Morgan fingerprint density at radius 2 is 1.74 bits per heavy atom. The van der Waals surface area contributed by atoms with Crippen LogP contribution in [0.25, 0.3) is 11.1 Å². The van der Waals surface area contributed by atoms with E-state index in [0.29, 0.717) is 23.0 Å². The van der Waals surface area contributed by atoms with Crippen molar-refractivity contribution in [2.75, 3.05) is 5.75 Å². The number of thioether (sulfide) groups is 1. The Kier molecular flexibility index (Phi) is 5.41. The largest absolute Gasteiger partial charge is 0.293 e. The molecule has 0 amide bonds.